The predicted molar refractivity (Wildman–Crippen MR) is 88.6 cm³/mol. The van der Waals surface area contributed by atoms with Crippen LogP contribution in [-0.4, -0.2) is 34.7 Å². The van der Waals surface area contributed by atoms with E-state index in [9.17, 15) is 14.4 Å². The van der Waals surface area contributed by atoms with Gasteiger partial charge in [-0.15, -0.1) is 0 Å². The molecule has 0 atom stereocenters. The van der Waals surface area contributed by atoms with Gasteiger partial charge in [0.05, 0.1) is 23.3 Å². The van der Waals surface area contributed by atoms with Gasteiger partial charge in [0.1, 0.15) is 0 Å². The number of hydrogen-bond donors (Lipinski definition) is 2. The van der Waals surface area contributed by atoms with Crippen LogP contribution in [0.15, 0.2) is 18.2 Å². The van der Waals surface area contributed by atoms with E-state index in [2.05, 4.69) is 6.92 Å². The Bertz CT molecular complexity index is 579. The minimum absolute atomic E-state index is 0.129. The zero-order valence-electron chi connectivity index (χ0n) is 13.9. The molecule has 0 heterocycles. The average molecular weight is 336 g/mol. The van der Waals surface area contributed by atoms with Crippen molar-refractivity contribution in [2.45, 2.75) is 51.9 Å². The first kappa shape index (κ1) is 19.7. The molecule has 0 aliphatic heterocycles. The van der Waals surface area contributed by atoms with Gasteiger partial charge < -0.3 is 14.9 Å². The van der Waals surface area contributed by atoms with Crippen LogP contribution in [0.5, 0.6) is 0 Å². The van der Waals surface area contributed by atoms with E-state index in [1.807, 2.05) is 0 Å². The molecule has 6 heteroatoms. The van der Waals surface area contributed by atoms with Gasteiger partial charge in [-0.3, -0.25) is 0 Å². The second-order valence-corrected chi connectivity index (χ2v) is 5.63. The van der Waals surface area contributed by atoms with Crippen molar-refractivity contribution in [3.05, 3.63) is 34.9 Å². The maximum absolute atomic E-state index is 12.0. The van der Waals surface area contributed by atoms with Crippen LogP contribution in [0, 0.1) is 0 Å². The van der Waals surface area contributed by atoms with E-state index in [0.717, 1.165) is 25.3 Å². The van der Waals surface area contributed by atoms with Crippen LogP contribution in [0.25, 0.3) is 0 Å². The lowest BCUT2D eigenvalue weighted by Gasteiger charge is -2.08. The Morgan fingerprint density at radius 3 is 2.08 bits per heavy atom. The van der Waals surface area contributed by atoms with Crippen LogP contribution in [0.2, 0.25) is 0 Å². The molecule has 0 unspecified atom stereocenters. The number of hydrogen-bond acceptors (Lipinski definition) is 4. The van der Waals surface area contributed by atoms with Crippen molar-refractivity contribution in [2.24, 2.45) is 0 Å². The Hall–Kier alpha value is -2.37. The third kappa shape index (κ3) is 6.40. The standard InChI is InChI=1S/C18H24O6/c1-2-3-4-5-6-7-8-11-24-18(23)14-10-9-13(16(19)20)12-15(14)17(21)22/h9-10,12H,2-8,11H2,1H3,(H,19,20)(H,21,22). The average Bonchev–Trinajstić information content (AvgIpc) is 2.56. The summed E-state index contributed by atoms with van der Waals surface area (Å²) in [6.45, 7) is 2.39. The van der Waals surface area contributed by atoms with Crippen molar-refractivity contribution in [3.8, 4) is 0 Å². The molecule has 0 radical (unpaired) electrons. The number of carboxylic acid groups (broad SMARTS) is 2. The lowest BCUT2D eigenvalue weighted by molar-refractivity contribution is 0.0486. The van der Waals surface area contributed by atoms with Crippen molar-refractivity contribution >= 4 is 17.9 Å². The molecular formula is C18H24O6. The normalized spacial score (nSPS) is 10.4. The first-order chi connectivity index (χ1) is 11.5. The summed E-state index contributed by atoms with van der Waals surface area (Å²) in [6, 6.07) is 3.34. The highest BCUT2D eigenvalue weighted by atomic mass is 16.5. The Morgan fingerprint density at radius 2 is 1.50 bits per heavy atom. The van der Waals surface area contributed by atoms with Crippen molar-refractivity contribution < 1.29 is 29.3 Å². The maximum atomic E-state index is 12.0. The summed E-state index contributed by atoms with van der Waals surface area (Å²) in [5, 5.41) is 18.0. The minimum atomic E-state index is -1.36. The molecule has 0 bridgehead atoms. The summed E-state index contributed by atoms with van der Waals surface area (Å²) in [6.07, 6.45) is 7.60. The molecule has 1 aromatic rings. The van der Waals surface area contributed by atoms with E-state index in [4.69, 9.17) is 14.9 Å². The number of carbonyl (C=O) groups excluding carboxylic acids is 1. The van der Waals surface area contributed by atoms with E-state index < -0.39 is 17.9 Å². The molecule has 0 amide bonds. The molecule has 0 fully saturated rings. The number of ether oxygens (including phenoxy) is 1. The zero-order chi connectivity index (χ0) is 17.9. The number of rotatable bonds is 11. The van der Waals surface area contributed by atoms with Crippen LogP contribution in [-0.2, 0) is 4.74 Å². The van der Waals surface area contributed by atoms with Crippen molar-refractivity contribution in [1.29, 1.82) is 0 Å². The topological polar surface area (TPSA) is 101 Å². The Kier molecular flexibility index (Phi) is 8.54. The van der Waals surface area contributed by atoms with Crippen LogP contribution in [0.3, 0.4) is 0 Å². The first-order valence-electron chi connectivity index (χ1n) is 8.25. The van der Waals surface area contributed by atoms with Crippen LogP contribution < -0.4 is 0 Å². The van der Waals surface area contributed by atoms with Crippen LogP contribution in [0.4, 0.5) is 0 Å². The van der Waals surface area contributed by atoms with Gasteiger partial charge in [0.2, 0.25) is 0 Å². The number of aromatic carboxylic acids is 2. The highest BCUT2D eigenvalue weighted by Crippen LogP contribution is 2.15. The molecule has 2 N–H and O–H groups in total. The van der Waals surface area contributed by atoms with Crippen molar-refractivity contribution in [2.75, 3.05) is 6.61 Å². The largest absolute Gasteiger partial charge is 0.478 e. The van der Waals surface area contributed by atoms with Crippen molar-refractivity contribution in [1.82, 2.24) is 0 Å². The van der Waals surface area contributed by atoms with Gasteiger partial charge in [0.25, 0.3) is 0 Å². The lowest BCUT2D eigenvalue weighted by Crippen LogP contribution is -2.13. The zero-order valence-corrected chi connectivity index (χ0v) is 13.9. The molecule has 0 saturated carbocycles. The minimum Gasteiger partial charge on any atom is -0.478 e. The Morgan fingerprint density at radius 1 is 0.875 bits per heavy atom. The molecule has 24 heavy (non-hydrogen) atoms. The summed E-state index contributed by atoms with van der Waals surface area (Å²) in [4.78, 5) is 34.1. The van der Waals surface area contributed by atoms with Gasteiger partial charge in [0, 0.05) is 0 Å². The Balaban J connectivity index is 2.50. The monoisotopic (exact) mass is 336 g/mol. The van der Waals surface area contributed by atoms with Crippen molar-refractivity contribution in [3.63, 3.8) is 0 Å². The maximum Gasteiger partial charge on any atom is 0.339 e. The van der Waals surface area contributed by atoms with Crippen LogP contribution >= 0.6 is 0 Å². The number of unbranched alkanes of at least 4 members (excludes halogenated alkanes) is 6. The third-order valence-electron chi connectivity index (χ3n) is 3.70. The second-order valence-electron chi connectivity index (χ2n) is 5.63. The highest BCUT2D eigenvalue weighted by Gasteiger charge is 2.19. The fraction of sp³-hybridized carbons (Fsp3) is 0.500. The molecule has 0 aromatic heterocycles. The fourth-order valence-electron chi connectivity index (χ4n) is 2.33. The predicted octanol–water partition coefficient (Wildman–Crippen LogP) is 3.99. The number of carboxylic acids is 2. The molecule has 0 aliphatic rings. The molecule has 0 saturated heterocycles. The smallest absolute Gasteiger partial charge is 0.339 e. The molecule has 6 nitrogen and oxygen atoms in total. The van der Waals surface area contributed by atoms with Gasteiger partial charge in [-0.1, -0.05) is 45.4 Å². The molecular weight excluding hydrogens is 312 g/mol. The molecule has 0 aliphatic carbocycles. The number of benzene rings is 1. The summed E-state index contributed by atoms with van der Waals surface area (Å²) in [5.41, 5.74) is -0.675. The van der Waals surface area contributed by atoms with E-state index in [1.165, 1.54) is 37.8 Å². The van der Waals surface area contributed by atoms with E-state index >= 15 is 0 Å². The summed E-state index contributed by atoms with van der Waals surface area (Å²) in [5.74, 6) is -3.35. The molecule has 1 rings (SSSR count). The number of carbonyl (C=O) groups is 3. The first-order valence-corrected chi connectivity index (χ1v) is 8.25. The SMILES string of the molecule is CCCCCCCCCOC(=O)c1ccc(C(=O)O)cc1C(=O)O. The Labute approximate surface area is 141 Å². The molecule has 0 spiro atoms. The van der Waals surface area contributed by atoms with Gasteiger partial charge >= 0.3 is 17.9 Å². The second kappa shape index (κ2) is 10.4. The summed E-state index contributed by atoms with van der Waals surface area (Å²) in [7, 11) is 0. The summed E-state index contributed by atoms with van der Waals surface area (Å²) < 4.78 is 5.10. The molecule has 132 valence electrons. The highest BCUT2D eigenvalue weighted by molar-refractivity contribution is 6.04. The van der Waals surface area contributed by atoms with Gasteiger partial charge in [-0.25, -0.2) is 14.4 Å². The lowest BCUT2D eigenvalue weighted by atomic mass is 10.0. The fourth-order valence-corrected chi connectivity index (χ4v) is 2.33. The molecule has 1 aromatic carbocycles. The van der Waals surface area contributed by atoms with Gasteiger partial charge in [-0.2, -0.15) is 0 Å². The van der Waals surface area contributed by atoms with E-state index in [0.29, 0.717) is 0 Å². The van der Waals surface area contributed by atoms with Gasteiger partial charge in [0.15, 0.2) is 0 Å². The van der Waals surface area contributed by atoms with Gasteiger partial charge in [-0.05, 0) is 24.6 Å². The van der Waals surface area contributed by atoms with E-state index in [1.54, 1.807) is 0 Å². The summed E-state index contributed by atoms with van der Waals surface area (Å²) >= 11 is 0. The quantitative estimate of drug-likeness (QED) is 0.468. The number of esters is 1. The van der Waals surface area contributed by atoms with E-state index in [-0.39, 0.29) is 23.3 Å². The third-order valence-corrected chi connectivity index (χ3v) is 3.70. The van der Waals surface area contributed by atoms with Crippen LogP contribution in [0.1, 0.15) is 82.9 Å².